The van der Waals surface area contributed by atoms with E-state index < -0.39 is 17.9 Å². The number of ether oxygens (including phenoxy) is 1. The molecule has 3 N–H and O–H groups in total. The summed E-state index contributed by atoms with van der Waals surface area (Å²) in [5.74, 6) is -0.746. The van der Waals surface area contributed by atoms with E-state index in [0.29, 0.717) is 5.56 Å². The molecule has 0 fully saturated rings. The van der Waals surface area contributed by atoms with Gasteiger partial charge in [-0.05, 0) is 97.1 Å². The molecule has 0 radical (unpaired) electrons. The predicted molar refractivity (Wildman–Crippen MR) is 154 cm³/mol. The Labute approximate surface area is 222 Å². The second-order valence-electron chi connectivity index (χ2n) is 9.34. The van der Waals surface area contributed by atoms with Crippen molar-refractivity contribution in [2.75, 3.05) is 11.8 Å². The number of hydrogen-bond donors (Lipinski definition) is 3. The van der Waals surface area contributed by atoms with Crippen molar-refractivity contribution in [2.45, 2.75) is 52.5 Å². The Hall–Kier alpha value is -3.58. The summed E-state index contributed by atoms with van der Waals surface area (Å²) in [6.45, 7) is 11.9. The maximum Gasteiger partial charge on any atom is 0.326 e. The summed E-state index contributed by atoms with van der Waals surface area (Å²) >= 11 is 0. The van der Waals surface area contributed by atoms with Gasteiger partial charge in [0, 0.05) is 16.1 Å². The zero-order valence-electron chi connectivity index (χ0n) is 22.5. The largest absolute Gasteiger partial charge is 0.496 e. The van der Waals surface area contributed by atoms with Gasteiger partial charge in [0.15, 0.2) is 0 Å². The molecule has 1 amide bonds. The van der Waals surface area contributed by atoms with Crippen LogP contribution >= 0.6 is 10.7 Å². The number of carbonyl (C=O) groups excluding carboxylic acids is 1. The van der Waals surface area contributed by atoms with Gasteiger partial charge in [0.25, 0.3) is 5.91 Å². The molecule has 0 saturated carbocycles. The van der Waals surface area contributed by atoms with Gasteiger partial charge in [0.05, 0.1) is 7.11 Å². The molecule has 0 heterocycles. The van der Waals surface area contributed by atoms with Gasteiger partial charge in [0.2, 0.25) is 0 Å². The Morgan fingerprint density at radius 3 is 2.22 bits per heavy atom. The van der Waals surface area contributed by atoms with Crippen molar-refractivity contribution in [2.24, 2.45) is 5.92 Å². The van der Waals surface area contributed by atoms with Gasteiger partial charge in [-0.1, -0.05) is 48.8 Å². The number of methoxy groups -OCH3 is 1. The smallest absolute Gasteiger partial charge is 0.326 e. The van der Waals surface area contributed by atoms with Gasteiger partial charge >= 0.3 is 5.97 Å². The van der Waals surface area contributed by atoms with Crippen LogP contribution in [0.1, 0.15) is 47.8 Å². The van der Waals surface area contributed by atoms with Crippen molar-refractivity contribution in [3.8, 4) is 16.9 Å². The predicted octanol–water partition coefficient (Wildman–Crippen LogP) is 6.60. The van der Waals surface area contributed by atoms with Crippen LogP contribution in [0.5, 0.6) is 5.75 Å². The number of aliphatic carboxylic acids is 1. The van der Waals surface area contributed by atoms with Crippen molar-refractivity contribution in [3.05, 3.63) is 76.9 Å². The second-order valence-corrected chi connectivity index (χ2v) is 11.1. The van der Waals surface area contributed by atoms with Gasteiger partial charge in [-0.25, -0.2) is 4.79 Å². The normalized spacial score (nSPS) is 12.8. The third kappa shape index (κ3) is 6.41. The summed E-state index contributed by atoms with van der Waals surface area (Å²) in [6, 6.07) is 16.6. The summed E-state index contributed by atoms with van der Waals surface area (Å²) in [5, 5.41) is 14.1. The second kappa shape index (κ2) is 12.1. The number of carboxylic acid groups (broad SMARTS) is 1. The molecule has 3 aromatic carbocycles. The Morgan fingerprint density at radius 2 is 1.65 bits per heavy atom. The molecule has 2 atom stereocenters. The highest BCUT2D eigenvalue weighted by molar-refractivity contribution is 8.16. The molecule has 0 aliphatic heterocycles. The van der Waals surface area contributed by atoms with Crippen LogP contribution in [0.2, 0.25) is 0 Å². The van der Waals surface area contributed by atoms with Crippen LogP contribution in [-0.4, -0.2) is 35.5 Å². The van der Waals surface area contributed by atoms with E-state index in [4.69, 9.17) is 4.74 Å². The molecule has 0 bridgehead atoms. The topological polar surface area (TPSA) is 87.7 Å². The highest BCUT2D eigenvalue weighted by Gasteiger charge is 2.24. The highest BCUT2D eigenvalue weighted by atomic mass is 32.2. The van der Waals surface area contributed by atoms with Crippen molar-refractivity contribution >= 4 is 33.6 Å². The van der Waals surface area contributed by atoms with Crippen LogP contribution in [0.15, 0.2) is 59.5 Å². The first-order chi connectivity index (χ1) is 17.6. The standard InChI is InChI=1S/C30H36N2O4S/c1-8-37(28-19(4)16-26(36-7)20(5)21(28)6)32-25-11-9-10-24(17-25)22-12-14-23(15-13-22)29(33)31-27(18(2)3)30(34)35/h8-18,27,32H,1-7H3,(H,31,33)(H,34,35). The number of benzene rings is 3. The van der Waals surface area contributed by atoms with E-state index in [9.17, 15) is 14.7 Å². The summed E-state index contributed by atoms with van der Waals surface area (Å²) in [5.41, 5.74) is 6.95. The Bertz CT molecular complexity index is 1330. The monoisotopic (exact) mass is 520 g/mol. The molecule has 3 rings (SSSR count). The van der Waals surface area contributed by atoms with E-state index in [2.05, 4.69) is 55.2 Å². The van der Waals surface area contributed by atoms with E-state index in [1.807, 2.05) is 30.3 Å². The third-order valence-electron chi connectivity index (χ3n) is 6.44. The molecule has 196 valence electrons. The van der Waals surface area contributed by atoms with Crippen LogP contribution in [0.4, 0.5) is 5.69 Å². The van der Waals surface area contributed by atoms with Crippen molar-refractivity contribution in [3.63, 3.8) is 0 Å². The lowest BCUT2D eigenvalue weighted by molar-refractivity contribution is -0.140. The summed E-state index contributed by atoms with van der Waals surface area (Å²) < 4.78 is 9.23. The maximum absolute atomic E-state index is 12.6. The molecule has 0 aromatic heterocycles. The number of aryl methyl sites for hydroxylation is 1. The Morgan fingerprint density at radius 1 is 0.973 bits per heavy atom. The summed E-state index contributed by atoms with van der Waals surface area (Å²) in [4.78, 5) is 25.3. The van der Waals surface area contributed by atoms with E-state index in [-0.39, 0.29) is 16.6 Å². The zero-order valence-corrected chi connectivity index (χ0v) is 23.3. The number of rotatable bonds is 9. The molecule has 0 spiro atoms. The number of nitrogens with one attached hydrogen (secondary N) is 2. The van der Waals surface area contributed by atoms with Gasteiger partial charge in [-0.15, -0.1) is 0 Å². The number of amides is 1. The lowest BCUT2D eigenvalue weighted by Crippen LogP contribution is -2.44. The van der Waals surface area contributed by atoms with Crippen LogP contribution < -0.4 is 14.8 Å². The van der Waals surface area contributed by atoms with E-state index in [1.165, 1.54) is 16.0 Å². The first-order valence-electron chi connectivity index (χ1n) is 12.3. The summed E-state index contributed by atoms with van der Waals surface area (Å²) in [6.07, 6.45) is 0. The van der Waals surface area contributed by atoms with E-state index in [0.717, 1.165) is 28.1 Å². The molecular formula is C30H36N2O4S. The minimum atomic E-state index is -1.04. The van der Waals surface area contributed by atoms with Crippen molar-refractivity contribution in [1.82, 2.24) is 5.32 Å². The Balaban J connectivity index is 1.83. The van der Waals surface area contributed by atoms with E-state index >= 15 is 0 Å². The van der Waals surface area contributed by atoms with Crippen LogP contribution in [0, 0.1) is 26.7 Å². The minimum Gasteiger partial charge on any atom is -0.496 e. The number of carboxylic acids is 1. The van der Waals surface area contributed by atoms with Gasteiger partial charge in [-0.2, -0.15) is 0 Å². The first-order valence-corrected chi connectivity index (χ1v) is 13.5. The molecule has 0 aliphatic rings. The Kier molecular flexibility index (Phi) is 9.16. The molecule has 0 aliphatic carbocycles. The van der Waals surface area contributed by atoms with Crippen LogP contribution in [0.3, 0.4) is 0 Å². The fraction of sp³-hybridized carbons (Fsp3) is 0.300. The fourth-order valence-electron chi connectivity index (χ4n) is 4.24. The minimum absolute atomic E-state index is 0.213. The third-order valence-corrected chi connectivity index (χ3v) is 8.44. The number of carbonyl (C=O) groups is 2. The fourth-order valence-corrected chi connectivity index (χ4v) is 5.97. The summed E-state index contributed by atoms with van der Waals surface area (Å²) in [7, 11) is 1.39. The molecule has 2 unspecified atom stereocenters. The van der Waals surface area contributed by atoms with Crippen LogP contribution in [-0.2, 0) is 4.79 Å². The first kappa shape index (κ1) is 28.0. The number of anilines is 1. The molecule has 37 heavy (non-hydrogen) atoms. The lowest BCUT2D eigenvalue weighted by atomic mass is 10.0. The van der Waals surface area contributed by atoms with Gasteiger partial charge in [-0.3, -0.25) is 4.79 Å². The average molecular weight is 521 g/mol. The van der Waals surface area contributed by atoms with Gasteiger partial charge in [0.1, 0.15) is 11.8 Å². The van der Waals surface area contributed by atoms with Crippen LogP contribution in [0.25, 0.3) is 11.1 Å². The highest BCUT2D eigenvalue weighted by Crippen LogP contribution is 2.38. The number of hydrogen-bond acceptors (Lipinski definition) is 4. The molecular weight excluding hydrogens is 484 g/mol. The van der Waals surface area contributed by atoms with Crippen molar-refractivity contribution < 1.29 is 19.4 Å². The quantitative estimate of drug-likeness (QED) is 0.277. The van der Waals surface area contributed by atoms with Gasteiger partial charge < -0.3 is 19.9 Å². The maximum atomic E-state index is 12.6. The zero-order chi connectivity index (χ0) is 27.3. The SMILES string of the molecule is C/C=S(/Nc1cccc(-c2ccc(C(=O)NC(C(=O)O)C(C)C)cc2)c1)c1c(C)cc(OC)c(C)c1C. The lowest BCUT2D eigenvalue weighted by Gasteiger charge is -2.21. The molecule has 0 saturated heterocycles. The van der Waals surface area contributed by atoms with E-state index in [1.54, 1.807) is 33.1 Å². The van der Waals surface area contributed by atoms with Crippen molar-refractivity contribution in [1.29, 1.82) is 0 Å². The molecule has 6 nitrogen and oxygen atoms in total. The average Bonchev–Trinajstić information content (AvgIpc) is 2.88. The molecule has 3 aromatic rings. The molecule has 7 heteroatoms.